The number of nitro benzene ring substituents is 1. The number of anilines is 1. The minimum Gasteiger partial charge on any atom is -0.362 e. The molecule has 4 rings (SSSR count). The van der Waals surface area contributed by atoms with E-state index in [9.17, 15) is 14.9 Å². The average molecular weight is 438 g/mol. The van der Waals surface area contributed by atoms with E-state index in [-0.39, 0.29) is 22.2 Å². The first kappa shape index (κ1) is 20.7. The molecule has 8 nitrogen and oxygen atoms in total. The van der Waals surface area contributed by atoms with E-state index in [1.54, 1.807) is 4.90 Å². The summed E-state index contributed by atoms with van der Waals surface area (Å²) < 4.78 is 0. The van der Waals surface area contributed by atoms with Gasteiger partial charge in [-0.25, -0.2) is 9.97 Å². The highest BCUT2D eigenvalue weighted by atomic mass is 35.5. The molecule has 1 amide bonds. The lowest BCUT2D eigenvalue weighted by Crippen LogP contribution is -2.37. The van der Waals surface area contributed by atoms with Crippen LogP contribution in [-0.2, 0) is 13.0 Å². The molecule has 1 aromatic heterocycles. The Morgan fingerprint density at radius 2 is 1.90 bits per heavy atom. The van der Waals surface area contributed by atoms with Gasteiger partial charge in [-0.2, -0.15) is 0 Å². The Balaban J connectivity index is 1.68. The van der Waals surface area contributed by atoms with Crippen LogP contribution in [0.3, 0.4) is 0 Å². The summed E-state index contributed by atoms with van der Waals surface area (Å²) in [4.78, 5) is 36.7. The number of hydrogen-bond donors (Lipinski definition) is 0. The van der Waals surface area contributed by atoms with Crippen molar-refractivity contribution in [2.75, 3.05) is 25.5 Å². The van der Waals surface area contributed by atoms with E-state index in [1.807, 2.05) is 49.3 Å². The van der Waals surface area contributed by atoms with Crippen LogP contribution >= 0.6 is 11.6 Å². The van der Waals surface area contributed by atoms with E-state index in [0.29, 0.717) is 25.3 Å². The number of fused-ring (bicyclic) bond motifs is 1. The Bertz CT molecular complexity index is 1170. The molecule has 2 aromatic carbocycles. The first-order valence-corrected chi connectivity index (χ1v) is 10.1. The van der Waals surface area contributed by atoms with Gasteiger partial charge in [0.2, 0.25) is 0 Å². The molecule has 158 valence electrons. The zero-order valence-corrected chi connectivity index (χ0v) is 17.8. The van der Waals surface area contributed by atoms with Gasteiger partial charge in [-0.05, 0) is 12.1 Å². The summed E-state index contributed by atoms with van der Waals surface area (Å²) >= 11 is 5.88. The van der Waals surface area contributed by atoms with E-state index in [2.05, 4.69) is 0 Å². The molecule has 0 bridgehead atoms. The van der Waals surface area contributed by atoms with Gasteiger partial charge in [0, 0.05) is 49.8 Å². The fraction of sp³-hybridized carbons (Fsp3) is 0.227. The zero-order valence-electron chi connectivity index (χ0n) is 17.1. The second kappa shape index (κ2) is 8.31. The van der Waals surface area contributed by atoms with Crippen molar-refractivity contribution in [1.29, 1.82) is 0 Å². The molecule has 0 unspecified atom stereocenters. The number of aromatic nitrogens is 2. The van der Waals surface area contributed by atoms with Crippen LogP contribution in [0.2, 0.25) is 5.02 Å². The Morgan fingerprint density at radius 1 is 1.16 bits per heavy atom. The van der Waals surface area contributed by atoms with Crippen LogP contribution in [0.4, 0.5) is 11.5 Å². The molecule has 3 aromatic rings. The van der Waals surface area contributed by atoms with Crippen LogP contribution in [0.25, 0.3) is 11.4 Å². The predicted molar refractivity (Wildman–Crippen MR) is 118 cm³/mol. The number of rotatable bonds is 4. The molecule has 0 spiro atoms. The molecule has 0 atom stereocenters. The summed E-state index contributed by atoms with van der Waals surface area (Å²) in [5.74, 6) is 1.11. The second-order valence-corrected chi connectivity index (χ2v) is 7.86. The van der Waals surface area contributed by atoms with E-state index in [4.69, 9.17) is 21.6 Å². The second-order valence-electron chi connectivity index (χ2n) is 7.46. The number of carbonyl (C=O) groups excluding carboxylic acids is 1. The lowest BCUT2D eigenvalue weighted by Gasteiger charge is -2.31. The highest BCUT2D eigenvalue weighted by Gasteiger charge is 2.28. The first-order valence-electron chi connectivity index (χ1n) is 9.71. The fourth-order valence-electron chi connectivity index (χ4n) is 3.62. The molecule has 1 aliphatic rings. The molecular weight excluding hydrogens is 418 g/mol. The van der Waals surface area contributed by atoms with Gasteiger partial charge in [-0.3, -0.25) is 14.9 Å². The third-order valence-electron chi connectivity index (χ3n) is 5.17. The van der Waals surface area contributed by atoms with Crippen molar-refractivity contribution >= 4 is 29.0 Å². The van der Waals surface area contributed by atoms with Crippen molar-refractivity contribution < 1.29 is 9.72 Å². The fourth-order valence-corrected chi connectivity index (χ4v) is 3.81. The van der Waals surface area contributed by atoms with E-state index < -0.39 is 4.92 Å². The van der Waals surface area contributed by atoms with Gasteiger partial charge < -0.3 is 9.80 Å². The molecule has 0 N–H and O–H groups in total. The summed E-state index contributed by atoms with van der Waals surface area (Å²) in [5.41, 5.74) is 2.67. The minimum atomic E-state index is -0.590. The number of nitrogens with zero attached hydrogens (tertiary/aromatic N) is 5. The van der Waals surface area contributed by atoms with Gasteiger partial charge in [-0.15, -0.1) is 0 Å². The topological polar surface area (TPSA) is 92.5 Å². The number of benzene rings is 2. The number of hydrogen-bond acceptors (Lipinski definition) is 6. The Kier molecular flexibility index (Phi) is 5.56. The molecule has 0 saturated carbocycles. The summed E-state index contributed by atoms with van der Waals surface area (Å²) in [6.45, 7) is 0.785. The maximum absolute atomic E-state index is 13.1. The average Bonchev–Trinajstić information content (AvgIpc) is 2.78. The number of halogens is 1. The Morgan fingerprint density at radius 3 is 2.58 bits per heavy atom. The summed E-state index contributed by atoms with van der Waals surface area (Å²) in [7, 11) is 3.81. The van der Waals surface area contributed by atoms with Gasteiger partial charge in [0.15, 0.2) is 5.82 Å². The predicted octanol–water partition coefficient (Wildman–Crippen LogP) is 3.97. The van der Waals surface area contributed by atoms with Gasteiger partial charge in [0.25, 0.3) is 11.6 Å². The third kappa shape index (κ3) is 4.06. The number of carbonyl (C=O) groups is 1. The monoisotopic (exact) mass is 437 g/mol. The maximum Gasteiger partial charge on any atom is 0.288 e. The zero-order chi connectivity index (χ0) is 22.1. The summed E-state index contributed by atoms with van der Waals surface area (Å²) in [5, 5.41) is 11.2. The van der Waals surface area contributed by atoms with Crippen LogP contribution in [0, 0.1) is 10.1 Å². The van der Waals surface area contributed by atoms with Gasteiger partial charge >= 0.3 is 0 Å². The van der Waals surface area contributed by atoms with Crippen molar-refractivity contribution in [2.24, 2.45) is 0 Å². The molecular formula is C22H20ClN5O3. The molecule has 31 heavy (non-hydrogen) atoms. The third-order valence-corrected chi connectivity index (χ3v) is 5.49. The highest BCUT2D eigenvalue weighted by Crippen LogP contribution is 2.30. The molecule has 0 radical (unpaired) electrons. The van der Waals surface area contributed by atoms with Crippen molar-refractivity contribution in [3.8, 4) is 11.4 Å². The van der Waals surface area contributed by atoms with E-state index >= 15 is 0 Å². The standard InChI is InChI=1S/C22H20ClN5O3/c1-26(2)21-16-13-27(22(29)15-8-9-17(23)19(12-15)28(30)31)11-10-18(16)24-20(25-21)14-6-4-3-5-7-14/h3-9,12H,10-11,13H2,1-2H3. The quantitative estimate of drug-likeness (QED) is 0.453. The lowest BCUT2D eigenvalue weighted by atomic mass is 10.0. The first-order chi connectivity index (χ1) is 14.8. The van der Waals surface area contributed by atoms with Crippen LogP contribution in [0.5, 0.6) is 0 Å². The van der Waals surface area contributed by atoms with Gasteiger partial charge in [0.1, 0.15) is 10.8 Å². The van der Waals surface area contributed by atoms with Crippen LogP contribution < -0.4 is 4.90 Å². The van der Waals surface area contributed by atoms with Crippen molar-refractivity contribution in [3.63, 3.8) is 0 Å². The SMILES string of the molecule is CN(C)c1nc(-c2ccccc2)nc2c1CN(C(=O)c1ccc(Cl)c([N+](=O)[O-])c1)CC2. The van der Waals surface area contributed by atoms with Crippen molar-refractivity contribution in [3.05, 3.63) is 80.5 Å². The summed E-state index contributed by atoms with van der Waals surface area (Å²) in [6, 6.07) is 13.9. The molecule has 1 aliphatic heterocycles. The van der Waals surface area contributed by atoms with Crippen LogP contribution in [-0.4, -0.2) is 46.3 Å². The molecule has 2 heterocycles. The normalized spacial score (nSPS) is 12.9. The Hall–Kier alpha value is -3.52. The van der Waals surface area contributed by atoms with Gasteiger partial charge in [0.05, 0.1) is 17.2 Å². The van der Waals surface area contributed by atoms with Crippen molar-refractivity contribution in [1.82, 2.24) is 14.9 Å². The largest absolute Gasteiger partial charge is 0.362 e. The number of nitro groups is 1. The van der Waals surface area contributed by atoms with Crippen molar-refractivity contribution in [2.45, 2.75) is 13.0 Å². The maximum atomic E-state index is 13.1. The Labute approximate surface area is 184 Å². The lowest BCUT2D eigenvalue weighted by molar-refractivity contribution is -0.384. The number of amides is 1. The van der Waals surface area contributed by atoms with Crippen LogP contribution in [0.15, 0.2) is 48.5 Å². The smallest absolute Gasteiger partial charge is 0.288 e. The van der Waals surface area contributed by atoms with E-state index in [0.717, 1.165) is 22.6 Å². The highest BCUT2D eigenvalue weighted by molar-refractivity contribution is 6.32. The molecule has 0 fully saturated rings. The minimum absolute atomic E-state index is 0.00211. The van der Waals surface area contributed by atoms with Gasteiger partial charge in [-0.1, -0.05) is 41.9 Å². The molecule has 0 saturated heterocycles. The molecule has 0 aliphatic carbocycles. The van der Waals surface area contributed by atoms with Crippen LogP contribution in [0.1, 0.15) is 21.6 Å². The summed E-state index contributed by atoms with van der Waals surface area (Å²) in [6.07, 6.45) is 0.569. The molecule has 9 heteroatoms. The van der Waals surface area contributed by atoms with E-state index in [1.165, 1.54) is 18.2 Å².